The van der Waals surface area contributed by atoms with Gasteiger partial charge in [-0.1, -0.05) is 29.8 Å². The molecular weight excluding hydrogens is 302 g/mol. The zero-order valence-corrected chi connectivity index (χ0v) is 12.8. The third kappa shape index (κ3) is 2.56. The molecule has 0 amide bonds. The lowest BCUT2D eigenvalue weighted by atomic mass is 9.81. The first-order chi connectivity index (χ1) is 10.6. The number of ether oxygens (including phenoxy) is 1. The molecule has 0 aliphatic carbocycles. The number of rotatable bonds is 3. The maximum atomic E-state index is 11.9. The number of aliphatic carboxylic acids is 1. The van der Waals surface area contributed by atoms with Gasteiger partial charge in [0.25, 0.3) is 0 Å². The lowest BCUT2D eigenvalue weighted by Crippen LogP contribution is -2.27. The van der Waals surface area contributed by atoms with Gasteiger partial charge in [0.2, 0.25) is 0 Å². The Morgan fingerprint density at radius 2 is 1.95 bits per heavy atom. The average molecular weight is 318 g/mol. The van der Waals surface area contributed by atoms with E-state index in [0.717, 1.165) is 5.56 Å². The Balaban J connectivity index is 2.24. The van der Waals surface area contributed by atoms with Crippen LogP contribution < -0.4 is 10.1 Å². The molecule has 0 saturated heterocycles. The highest BCUT2D eigenvalue weighted by Crippen LogP contribution is 2.46. The number of nitrogens with one attached hydrogen (secondary N) is 1. The van der Waals surface area contributed by atoms with Gasteiger partial charge in [0.15, 0.2) is 0 Å². The van der Waals surface area contributed by atoms with E-state index in [0.29, 0.717) is 28.6 Å². The smallest absolute Gasteiger partial charge is 0.311 e. The van der Waals surface area contributed by atoms with Crippen LogP contribution in [0, 0.1) is 0 Å². The molecule has 2 atom stereocenters. The van der Waals surface area contributed by atoms with Gasteiger partial charge in [-0.2, -0.15) is 0 Å². The van der Waals surface area contributed by atoms with Gasteiger partial charge in [-0.25, -0.2) is 0 Å². The van der Waals surface area contributed by atoms with E-state index in [1.165, 1.54) is 0 Å². The van der Waals surface area contributed by atoms with Gasteiger partial charge in [0, 0.05) is 28.6 Å². The lowest BCUT2D eigenvalue weighted by molar-refractivity contribution is -0.139. The Morgan fingerprint density at radius 1 is 1.23 bits per heavy atom. The number of fused-ring (bicyclic) bond motifs is 2. The predicted octanol–water partition coefficient (Wildman–Crippen LogP) is 3.62. The van der Waals surface area contributed by atoms with Crippen molar-refractivity contribution in [2.75, 3.05) is 13.6 Å². The van der Waals surface area contributed by atoms with Gasteiger partial charge in [-0.05, 0) is 31.3 Å². The SMILES string of the molecule is CNC[C@H]1c2ccccc2Oc2ccc(Cl)cc2[C@@H]1C(=O)O. The number of carboxylic acids is 1. The number of hydrogen-bond acceptors (Lipinski definition) is 3. The largest absolute Gasteiger partial charge is 0.481 e. The molecule has 0 bridgehead atoms. The molecule has 0 spiro atoms. The molecule has 5 heteroatoms. The highest BCUT2D eigenvalue weighted by atomic mass is 35.5. The first-order valence-corrected chi connectivity index (χ1v) is 7.43. The summed E-state index contributed by atoms with van der Waals surface area (Å²) in [5, 5.41) is 13.4. The van der Waals surface area contributed by atoms with Crippen LogP contribution in [0.3, 0.4) is 0 Å². The van der Waals surface area contributed by atoms with Crippen LogP contribution in [0.15, 0.2) is 42.5 Å². The second kappa shape index (κ2) is 5.99. The minimum atomic E-state index is -0.885. The summed E-state index contributed by atoms with van der Waals surface area (Å²) in [6.45, 7) is 0.531. The normalized spacial score (nSPS) is 19.5. The fraction of sp³-hybridized carbons (Fsp3) is 0.235. The standard InChI is InChI=1S/C17H16ClNO3/c1-19-9-13-11-4-2-3-5-14(11)22-15-7-6-10(18)8-12(15)16(13)17(20)21/h2-8,13,16,19H,9H2,1H3,(H,20,21)/t13-,16-/m0/s1. The summed E-state index contributed by atoms with van der Waals surface area (Å²) in [6.07, 6.45) is 0. The number of para-hydroxylation sites is 1. The van der Waals surface area contributed by atoms with Crippen molar-refractivity contribution in [3.63, 3.8) is 0 Å². The molecule has 0 saturated carbocycles. The number of halogens is 1. The van der Waals surface area contributed by atoms with E-state index in [2.05, 4.69) is 5.32 Å². The van der Waals surface area contributed by atoms with E-state index < -0.39 is 11.9 Å². The average Bonchev–Trinajstić information content (AvgIpc) is 2.62. The van der Waals surface area contributed by atoms with E-state index >= 15 is 0 Å². The maximum absolute atomic E-state index is 11.9. The fourth-order valence-electron chi connectivity index (χ4n) is 3.00. The Kier molecular flexibility index (Phi) is 4.05. The zero-order valence-electron chi connectivity index (χ0n) is 12.0. The molecule has 1 aliphatic heterocycles. The van der Waals surface area contributed by atoms with Gasteiger partial charge in [0.1, 0.15) is 11.5 Å². The number of benzene rings is 2. The van der Waals surface area contributed by atoms with Crippen LogP contribution in [0.25, 0.3) is 0 Å². The molecular formula is C17H16ClNO3. The van der Waals surface area contributed by atoms with E-state index in [1.54, 1.807) is 18.2 Å². The first-order valence-electron chi connectivity index (χ1n) is 7.05. The van der Waals surface area contributed by atoms with Crippen LogP contribution in [0.1, 0.15) is 23.0 Å². The van der Waals surface area contributed by atoms with E-state index in [1.807, 2.05) is 31.3 Å². The summed E-state index contributed by atoms with van der Waals surface area (Å²) < 4.78 is 5.96. The zero-order chi connectivity index (χ0) is 15.7. The Morgan fingerprint density at radius 3 is 2.68 bits per heavy atom. The summed E-state index contributed by atoms with van der Waals surface area (Å²) in [5.74, 6) is -0.606. The van der Waals surface area contributed by atoms with Gasteiger partial charge in [-0.15, -0.1) is 0 Å². The lowest BCUT2D eigenvalue weighted by Gasteiger charge is -2.23. The second-order valence-corrected chi connectivity index (χ2v) is 5.74. The molecule has 0 fully saturated rings. The Bertz CT molecular complexity index is 717. The molecule has 1 aliphatic rings. The highest BCUT2D eigenvalue weighted by Gasteiger charge is 2.37. The van der Waals surface area contributed by atoms with Crippen molar-refractivity contribution in [1.29, 1.82) is 0 Å². The number of carbonyl (C=O) groups is 1. The van der Waals surface area contributed by atoms with Crippen LogP contribution in [0.5, 0.6) is 11.5 Å². The second-order valence-electron chi connectivity index (χ2n) is 5.30. The molecule has 1 heterocycles. The molecule has 22 heavy (non-hydrogen) atoms. The molecule has 114 valence electrons. The minimum Gasteiger partial charge on any atom is -0.481 e. The van der Waals surface area contributed by atoms with Crippen molar-refractivity contribution >= 4 is 17.6 Å². The van der Waals surface area contributed by atoms with E-state index in [9.17, 15) is 9.90 Å². The van der Waals surface area contributed by atoms with Crippen molar-refractivity contribution in [1.82, 2.24) is 5.32 Å². The van der Waals surface area contributed by atoms with Crippen molar-refractivity contribution in [3.05, 3.63) is 58.6 Å². The summed E-state index contributed by atoms with van der Waals surface area (Å²) in [4.78, 5) is 11.9. The molecule has 0 unspecified atom stereocenters. The summed E-state index contributed by atoms with van der Waals surface area (Å²) in [5.41, 5.74) is 1.49. The van der Waals surface area contributed by atoms with Crippen LogP contribution in [-0.4, -0.2) is 24.7 Å². The van der Waals surface area contributed by atoms with E-state index in [4.69, 9.17) is 16.3 Å². The predicted molar refractivity (Wildman–Crippen MR) is 85.0 cm³/mol. The molecule has 3 rings (SSSR count). The van der Waals surface area contributed by atoms with Crippen molar-refractivity contribution in [3.8, 4) is 11.5 Å². The van der Waals surface area contributed by atoms with Crippen LogP contribution in [0.4, 0.5) is 0 Å². The molecule has 4 nitrogen and oxygen atoms in total. The molecule has 2 aromatic carbocycles. The van der Waals surface area contributed by atoms with Gasteiger partial charge in [-0.3, -0.25) is 4.79 Å². The monoisotopic (exact) mass is 317 g/mol. The van der Waals surface area contributed by atoms with Crippen molar-refractivity contribution < 1.29 is 14.6 Å². The van der Waals surface area contributed by atoms with E-state index in [-0.39, 0.29) is 5.92 Å². The third-order valence-corrected chi connectivity index (χ3v) is 4.17. The molecule has 2 N–H and O–H groups in total. The van der Waals surface area contributed by atoms with Gasteiger partial charge < -0.3 is 15.2 Å². The fourth-order valence-corrected chi connectivity index (χ4v) is 3.18. The van der Waals surface area contributed by atoms with Crippen LogP contribution in [0.2, 0.25) is 5.02 Å². The highest BCUT2D eigenvalue weighted by molar-refractivity contribution is 6.30. The van der Waals surface area contributed by atoms with Crippen LogP contribution in [-0.2, 0) is 4.79 Å². The van der Waals surface area contributed by atoms with Crippen LogP contribution >= 0.6 is 11.6 Å². The Labute approximate surface area is 133 Å². The van der Waals surface area contributed by atoms with Gasteiger partial charge >= 0.3 is 5.97 Å². The summed E-state index contributed by atoms with van der Waals surface area (Å²) in [6, 6.07) is 12.7. The Hall–Kier alpha value is -2.04. The quantitative estimate of drug-likeness (QED) is 0.908. The topological polar surface area (TPSA) is 58.6 Å². The number of hydrogen-bond donors (Lipinski definition) is 2. The third-order valence-electron chi connectivity index (χ3n) is 3.94. The molecule has 0 radical (unpaired) electrons. The van der Waals surface area contributed by atoms with Gasteiger partial charge in [0.05, 0.1) is 5.92 Å². The number of carboxylic acid groups (broad SMARTS) is 1. The maximum Gasteiger partial charge on any atom is 0.311 e. The summed E-state index contributed by atoms with van der Waals surface area (Å²) >= 11 is 6.07. The summed E-state index contributed by atoms with van der Waals surface area (Å²) in [7, 11) is 1.81. The minimum absolute atomic E-state index is 0.238. The van der Waals surface area contributed by atoms with Crippen molar-refractivity contribution in [2.45, 2.75) is 11.8 Å². The number of likely N-dealkylation sites (N-methyl/N-ethyl adjacent to an activating group) is 1. The first kappa shape index (κ1) is 14.9. The molecule has 0 aromatic heterocycles. The molecule has 2 aromatic rings. The van der Waals surface area contributed by atoms with Crippen molar-refractivity contribution in [2.24, 2.45) is 0 Å².